The Labute approximate surface area is 92.5 Å². The molecule has 0 aromatic carbocycles. The van der Waals surface area contributed by atoms with Crippen molar-refractivity contribution >= 4 is 5.84 Å². The van der Waals surface area contributed by atoms with Gasteiger partial charge in [-0.1, -0.05) is 25.4 Å². The molecule has 0 aromatic heterocycles. The molecule has 1 unspecified atom stereocenters. The third kappa shape index (κ3) is 9.53. The number of ether oxygens (including phenoxy) is 1. The third-order valence-electron chi connectivity index (χ3n) is 2.28. The molecule has 0 amide bonds. The highest BCUT2D eigenvalue weighted by molar-refractivity contribution is 5.79. The first-order valence-corrected chi connectivity index (χ1v) is 5.74. The first kappa shape index (κ1) is 14.2. The van der Waals surface area contributed by atoms with Crippen LogP contribution < -0.4 is 5.73 Å². The maximum Gasteiger partial charge on any atom is 0.139 e. The predicted molar refractivity (Wildman–Crippen MR) is 62.2 cm³/mol. The summed E-state index contributed by atoms with van der Waals surface area (Å²) in [6.07, 6.45) is 4.97. The van der Waals surface area contributed by atoms with Crippen molar-refractivity contribution in [2.24, 2.45) is 16.8 Å². The normalized spacial score (nSPS) is 14.1. The molecule has 0 aliphatic rings. The number of unbranched alkanes of at least 4 members (excludes halogenated alkanes) is 1. The third-order valence-corrected chi connectivity index (χ3v) is 2.28. The van der Waals surface area contributed by atoms with Crippen molar-refractivity contribution in [2.45, 2.75) is 46.0 Å². The van der Waals surface area contributed by atoms with Gasteiger partial charge >= 0.3 is 0 Å². The van der Waals surface area contributed by atoms with Crippen LogP contribution in [0.25, 0.3) is 0 Å². The molecule has 0 spiro atoms. The van der Waals surface area contributed by atoms with Crippen molar-refractivity contribution in [3.05, 3.63) is 0 Å². The summed E-state index contributed by atoms with van der Waals surface area (Å²) in [6.45, 7) is 6.01. The maximum atomic E-state index is 8.30. The molecule has 0 rings (SSSR count). The molecule has 15 heavy (non-hydrogen) atoms. The molecule has 4 nitrogen and oxygen atoms in total. The Kier molecular flexibility index (Phi) is 9.27. The summed E-state index contributed by atoms with van der Waals surface area (Å²) in [5, 5.41) is 11.2. The van der Waals surface area contributed by atoms with Gasteiger partial charge in [0, 0.05) is 19.6 Å². The smallest absolute Gasteiger partial charge is 0.139 e. The minimum absolute atomic E-state index is 0.300. The van der Waals surface area contributed by atoms with E-state index in [0.717, 1.165) is 26.1 Å². The largest absolute Gasteiger partial charge is 0.409 e. The van der Waals surface area contributed by atoms with Crippen LogP contribution >= 0.6 is 0 Å². The molecule has 1 atom stereocenters. The monoisotopic (exact) mass is 216 g/mol. The van der Waals surface area contributed by atoms with E-state index in [1.807, 2.05) is 0 Å². The standard InChI is InChI=1S/C11H24N2O2/c1-3-6-10(2)9-15-8-5-4-7-11(12)13-14/h10,14H,3-9H2,1-2H3,(H2,12,13). The van der Waals surface area contributed by atoms with Crippen molar-refractivity contribution in [2.75, 3.05) is 13.2 Å². The van der Waals surface area contributed by atoms with Crippen LogP contribution in [0, 0.1) is 5.92 Å². The predicted octanol–water partition coefficient (Wildman–Crippen LogP) is 2.36. The number of hydrogen-bond donors (Lipinski definition) is 2. The lowest BCUT2D eigenvalue weighted by molar-refractivity contribution is 0.0989. The quantitative estimate of drug-likeness (QED) is 0.204. The molecule has 90 valence electrons. The molecular formula is C11H24N2O2. The highest BCUT2D eigenvalue weighted by Crippen LogP contribution is 2.05. The van der Waals surface area contributed by atoms with Crippen molar-refractivity contribution in [1.82, 2.24) is 0 Å². The van der Waals surface area contributed by atoms with Gasteiger partial charge in [0.25, 0.3) is 0 Å². The summed E-state index contributed by atoms with van der Waals surface area (Å²) in [7, 11) is 0. The van der Waals surface area contributed by atoms with E-state index in [0.29, 0.717) is 18.2 Å². The second kappa shape index (κ2) is 9.77. The summed E-state index contributed by atoms with van der Waals surface area (Å²) in [5.41, 5.74) is 5.33. The van der Waals surface area contributed by atoms with E-state index in [9.17, 15) is 0 Å². The molecule has 0 aliphatic carbocycles. The average molecular weight is 216 g/mol. The zero-order valence-corrected chi connectivity index (χ0v) is 9.91. The summed E-state index contributed by atoms with van der Waals surface area (Å²) in [4.78, 5) is 0. The first-order chi connectivity index (χ1) is 7.20. The number of nitrogens with two attached hydrogens (primary N) is 1. The second-order valence-electron chi connectivity index (χ2n) is 4.02. The van der Waals surface area contributed by atoms with Crippen LogP contribution in [0.4, 0.5) is 0 Å². The van der Waals surface area contributed by atoms with Gasteiger partial charge in [0.05, 0.1) is 0 Å². The van der Waals surface area contributed by atoms with E-state index >= 15 is 0 Å². The second-order valence-corrected chi connectivity index (χ2v) is 4.02. The Morgan fingerprint density at radius 1 is 1.47 bits per heavy atom. The lowest BCUT2D eigenvalue weighted by atomic mass is 10.1. The highest BCUT2D eigenvalue weighted by Gasteiger charge is 2.00. The first-order valence-electron chi connectivity index (χ1n) is 5.74. The van der Waals surface area contributed by atoms with Gasteiger partial charge in [-0.15, -0.1) is 0 Å². The van der Waals surface area contributed by atoms with Crippen LogP contribution in [0.2, 0.25) is 0 Å². The molecule has 3 N–H and O–H groups in total. The molecule has 0 saturated heterocycles. The Bertz CT molecular complexity index is 172. The van der Waals surface area contributed by atoms with Gasteiger partial charge in [-0.05, 0) is 25.2 Å². The Balaban J connectivity index is 3.18. The average Bonchev–Trinajstić information content (AvgIpc) is 2.23. The lowest BCUT2D eigenvalue weighted by Crippen LogP contribution is -2.11. The zero-order chi connectivity index (χ0) is 11.5. The van der Waals surface area contributed by atoms with Crippen molar-refractivity contribution in [1.29, 1.82) is 0 Å². The number of oxime groups is 1. The fourth-order valence-corrected chi connectivity index (χ4v) is 1.42. The van der Waals surface area contributed by atoms with Crippen LogP contribution in [-0.2, 0) is 4.74 Å². The zero-order valence-electron chi connectivity index (χ0n) is 9.91. The van der Waals surface area contributed by atoms with Crippen molar-refractivity contribution < 1.29 is 9.94 Å². The van der Waals surface area contributed by atoms with E-state index in [-0.39, 0.29) is 0 Å². The van der Waals surface area contributed by atoms with Crippen LogP contribution in [0.1, 0.15) is 46.0 Å². The summed E-state index contributed by atoms with van der Waals surface area (Å²) < 4.78 is 5.52. The molecule has 0 aliphatic heterocycles. The van der Waals surface area contributed by atoms with E-state index < -0.39 is 0 Å². The van der Waals surface area contributed by atoms with E-state index in [1.54, 1.807) is 0 Å². The molecular weight excluding hydrogens is 192 g/mol. The van der Waals surface area contributed by atoms with Gasteiger partial charge in [0.2, 0.25) is 0 Å². The van der Waals surface area contributed by atoms with E-state index in [1.165, 1.54) is 12.8 Å². The Morgan fingerprint density at radius 3 is 2.80 bits per heavy atom. The van der Waals surface area contributed by atoms with Gasteiger partial charge in [0.1, 0.15) is 5.84 Å². The van der Waals surface area contributed by atoms with Gasteiger partial charge in [0.15, 0.2) is 0 Å². The molecule has 0 radical (unpaired) electrons. The van der Waals surface area contributed by atoms with Crippen LogP contribution in [-0.4, -0.2) is 24.3 Å². The Hall–Kier alpha value is -0.770. The molecule has 0 saturated carbocycles. The lowest BCUT2D eigenvalue weighted by Gasteiger charge is -2.10. The van der Waals surface area contributed by atoms with Gasteiger partial charge in [-0.2, -0.15) is 0 Å². The molecule has 4 heteroatoms. The summed E-state index contributed by atoms with van der Waals surface area (Å²) in [6, 6.07) is 0. The summed E-state index contributed by atoms with van der Waals surface area (Å²) in [5.74, 6) is 0.952. The Morgan fingerprint density at radius 2 is 2.20 bits per heavy atom. The number of nitrogens with zero attached hydrogens (tertiary/aromatic N) is 1. The minimum Gasteiger partial charge on any atom is -0.409 e. The molecule has 0 fully saturated rings. The van der Waals surface area contributed by atoms with Gasteiger partial charge in [-0.3, -0.25) is 0 Å². The van der Waals surface area contributed by atoms with Crippen LogP contribution in [0.15, 0.2) is 5.16 Å². The SMILES string of the molecule is CCCC(C)COCCCCC(N)=NO. The van der Waals surface area contributed by atoms with Crippen LogP contribution in [0.5, 0.6) is 0 Å². The molecule has 0 heterocycles. The van der Waals surface area contributed by atoms with Gasteiger partial charge < -0.3 is 15.7 Å². The molecule has 0 aromatic rings. The van der Waals surface area contributed by atoms with E-state index in [2.05, 4.69) is 19.0 Å². The fraction of sp³-hybridized carbons (Fsp3) is 0.909. The van der Waals surface area contributed by atoms with Crippen molar-refractivity contribution in [3.8, 4) is 0 Å². The van der Waals surface area contributed by atoms with Gasteiger partial charge in [-0.25, -0.2) is 0 Å². The number of amidine groups is 1. The fourth-order valence-electron chi connectivity index (χ4n) is 1.42. The van der Waals surface area contributed by atoms with Crippen molar-refractivity contribution in [3.63, 3.8) is 0 Å². The van der Waals surface area contributed by atoms with Crippen LogP contribution in [0.3, 0.4) is 0 Å². The topological polar surface area (TPSA) is 67.8 Å². The highest BCUT2D eigenvalue weighted by atomic mass is 16.5. The maximum absolute atomic E-state index is 8.30. The van der Waals surface area contributed by atoms with E-state index in [4.69, 9.17) is 15.7 Å². The minimum atomic E-state index is 0.300. The molecule has 0 bridgehead atoms. The number of hydrogen-bond acceptors (Lipinski definition) is 3. The summed E-state index contributed by atoms with van der Waals surface area (Å²) >= 11 is 0. The number of rotatable bonds is 9.